The van der Waals surface area contributed by atoms with E-state index >= 15 is 0 Å². The van der Waals surface area contributed by atoms with Crippen LogP contribution < -0.4 is 10.9 Å². The van der Waals surface area contributed by atoms with Crippen LogP contribution in [0.5, 0.6) is 0 Å². The van der Waals surface area contributed by atoms with Crippen molar-refractivity contribution in [2.45, 2.75) is 6.92 Å². The first-order chi connectivity index (χ1) is 12.9. The SMILES string of the molecule is Cc1c(NC(=O)/C=C/c2c(F)cccc2F)c(=O)n(-c2ccccc2)n1C. The molecule has 0 fully saturated rings. The zero-order valence-electron chi connectivity index (χ0n) is 14.7. The molecule has 0 aliphatic heterocycles. The standard InChI is InChI=1S/C20H17F2N3O2/c1-13-19(20(27)25(24(13)2)14-7-4-3-5-8-14)23-18(26)12-11-15-16(21)9-6-10-17(15)22/h3-12H,1-2H3,(H,23,26)/b12-11+. The van der Waals surface area contributed by atoms with E-state index in [2.05, 4.69) is 5.32 Å². The van der Waals surface area contributed by atoms with Crippen molar-refractivity contribution in [3.05, 3.63) is 87.9 Å². The Balaban J connectivity index is 1.89. The van der Waals surface area contributed by atoms with E-state index in [-0.39, 0.29) is 11.3 Å². The van der Waals surface area contributed by atoms with Gasteiger partial charge in [0.15, 0.2) is 0 Å². The summed E-state index contributed by atoms with van der Waals surface area (Å²) in [5, 5.41) is 2.49. The van der Waals surface area contributed by atoms with Gasteiger partial charge < -0.3 is 5.32 Å². The van der Waals surface area contributed by atoms with Crippen LogP contribution in [0, 0.1) is 18.6 Å². The molecular formula is C20H17F2N3O2. The fraction of sp³-hybridized carbons (Fsp3) is 0.100. The minimum absolute atomic E-state index is 0.102. The quantitative estimate of drug-likeness (QED) is 0.717. The molecule has 0 saturated heterocycles. The third-order valence-corrected chi connectivity index (χ3v) is 4.20. The first-order valence-corrected chi connectivity index (χ1v) is 8.17. The van der Waals surface area contributed by atoms with Gasteiger partial charge in [-0.1, -0.05) is 24.3 Å². The summed E-state index contributed by atoms with van der Waals surface area (Å²) in [6.07, 6.45) is 2.02. The van der Waals surface area contributed by atoms with Crippen LogP contribution in [0.3, 0.4) is 0 Å². The second-order valence-corrected chi connectivity index (χ2v) is 5.89. The number of para-hydroxylation sites is 1. The maximum atomic E-state index is 13.6. The summed E-state index contributed by atoms with van der Waals surface area (Å²) >= 11 is 0. The van der Waals surface area contributed by atoms with Crippen molar-refractivity contribution in [2.75, 3.05) is 5.32 Å². The molecule has 0 atom stereocenters. The second-order valence-electron chi connectivity index (χ2n) is 5.89. The number of rotatable bonds is 4. The van der Waals surface area contributed by atoms with Crippen molar-refractivity contribution >= 4 is 17.7 Å². The number of hydrogen-bond donors (Lipinski definition) is 1. The molecule has 1 heterocycles. The molecule has 5 nitrogen and oxygen atoms in total. The average Bonchev–Trinajstić information content (AvgIpc) is 2.85. The number of halogens is 2. The molecule has 0 aliphatic carbocycles. The van der Waals surface area contributed by atoms with Crippen LogP contribution in [0.15, 0.2) is 59.4 Å². The van der Waals surface area contributed by atoms with E-state index in [1.807, 2.05) is 6.07 Å². The summed E-state index contributed by atoms with van der Waals surface area (Å²) < 4.78 is 30.3. The van der Waals surface area contributed by atoms with Crippen molar-refractivity contribution in [3.8, 4) is 5.69 Å². The number of anilines is 1. The van der Waals surface area contributed by atoms with Gasteiger partial charge in [0.05, 0.1) is 11.4 Å². The van der Waals surface area contributed by atoms with E-state index in [0.29, 0.717) is 11.4 Å². The Bertz CT molecular complexity index is 1060. The highest BCUT2D eigenvalue weighted by Gasteiger charge is 2.17. The third-order valence-electron chi connectivity index (χ3n) is 4.20. The van der Waals surface area contributed by atoms with Gasteiger partial charge >= 0.3 is 0 Å². The van der Waals surface area contributed by atoms with E-state index in [1.165, 1.54) is 10.7 Å². The van der Waals surface area contributed by atoms with Gasteiger partial charge in [-0.25, -0.2) is 13.5 Å². The highest BCUT2D eigenvalue weighted by atomic mass is 19.1. The van der Waals surface area contributed by atoms with Gasteiger partial charge in [-0.15, -0.1) is 0 Å². The number of nitrogens with zero attached hydrogens (tertiary/aromatic N) is 2. The van der Waals surface area contributed by atoms with Gasteiger partial charge in [0.2, 0.25) is 5.91 Å². The molecule has 3 rings (SSSR count). The normalized spacial score (nSPS) is 11.1. The minimum Gasteiger partial charge on any atom is -0.316 e. The van der Waals surface area contributed by atoms with Crippen LogP contribution in [0.2, 0.25) is 0 Å². The Kier molecular flexibility index (Phi) is 5.03. The van der Waals surface area contributed by atoms with Crippen LogP contribution in [0.4, 0.5) is 14.5 Å². The topological polar surface area (TPSA) is 56.0 Å². The zero-order chi connectivity index (χ0) is 19.6. The molecule has 0 aliphatic rings. The summed E-state index contributed by atoms with van der Waals surface area (Å²) in [6, 6.07) is 12.4. The van der Waals surface area contributed by atoms with Crippen LogP contribution in [0.1, 0.15) is 11.3 Å². The highest BCUT2D eigenvalue weighted by Crippen LogP contribution is 2.16. The monoisotopic (exact) mass is 369 g/mol. The van der Waals surface area contributed by atoms with Gasteiger partial charge in [-0.3, -0.25) is 14.3 Å². The van der Waals surface area contributed by atoms with Crippen LogP contribution >= 0.6 is 0 Å². The number of aromatic nitrogens is 2. The van der Waals surface area contributed by atoms with Crippen molar-refractivity contribution < 1.29 is 13.6 Å². The Morgan fingerprint density at radius 2 is 1.67 bits per heavy atom. The second kappa shape index (κ2) is 7.41. The molecule has 138 valence electrons. The molecule has 0 spiro atoms. The molecule has 0 bridgehead atoms. The van der Waals surface area contributed by atoms with Gasteiger partial charge in [0.25, 0.3) is 5.56 Å². The molecular weight excluding hydrogens is 352 g/mol. The molecule has 0 saturated carbocycles. The summed E-state index contributed by atoms with van der Waals surface area (Å²) in [4.78, 5) is 24.9. The molecule has 1 N–H and O–H groups in total. The highest BCUT2D eigenvalue weighted by molar-refractivity contribution is 6.02. The Labute approximate surface area is 154 Å². The number of amides is 1. The fourth-order valence-corrected chi connectivity index (χ4v) is 2.71. The van der Waals surface area contributed by atoms with E-state index in [0.717, 1.165) is 24.3 Å². The molecule has 0 unspecified atom stereocenters. The summed E-state index contributed by atoms with van der Waals surface area (Å²) in [7, 11) is 1.70. The van der Waals surface area contributed by atoms with E-state index in [9.17, 15) is 18.4 Å². The first-order valence-electron chi connectivity index (χ1n) is 8.17. The molecule has 7 heteroatoms. The Morgan fingerprint density at radius 1 is 1.04 bits per heavy atom. The van der Waals surface area contributed by atoms with Crippen LogP contribution in [-0.2, 0) is 11.8 Å². The lowest BCUT2D eigenvalue weighted by Crippen LogP contribution is -2.22. The van der Waals surface area contributed by atoms with Gasteiger partial charge in [0, 0.05) is 18.7 Å². The maximum absolute atomic E-state index is 13.6. The summed E-state index contributed by atoms with van der Waals surface area (Å²) in [6.45, 7) is 1.69. The summed E-state index contributed by atoms with van der Waals surface area (Å²) in [5.74, 6) is -2.22. The van der Waals surface area contributed by atoms with Crippen molar-refractivity contribution in [1.82, 2.24) is 9.36 Å². The van der Waals surface area contributed by atoms with Crippen molar-refractivity contribution in [2.24, 2.45) is 7.05 Å². The number of carbonyl (C=O) groups excluding carboxylic acids is 1. The molecule has 1 aromatic heterocycles. The molecule has 1 amide bonds. The fourth-order valence-electron chi connectivity index (χ4n) is 2.71. The number of hydrogen-bond acceptors (Lipinski definition) is 2. The summed E-state index contributed by atoms with van der Waals surface area (Å²) in [5.41, 5.74) is 0.574. The van der Waals surface area contributed by atoms with E-state index < -0.39 is 23.1 Å². The van der Waals surface area contributed by atoms with Crippen molar-refractivity contribution in [3.63, 3.8) is 0 Å². The maximum Gasteiger partial charge on any atom is 0.295 e. The first kappa shape index (κ1) is 18.3. The molecule has 2 aromatic carbocycles. The molecule has 0 radical (unpaired) electrons. The lowest BCUT2D eigenvalue weighted by Gasteiger charge is -2.07. The number of carbonyl (C=O) groups is 1. The van der Waals surface area contributed by atoms with Gasteiger partial charge in [-0.05, 0) is 37.3 Å². The number of nitrogens with one attached hydrogen (secondary N) is 1. The van der Waals surface area contributed by atoms with E-state index in [1.54, 1.807) is 42.9 Å². The Morgan fingerprint density at radius 3 is 2.30 bits per heavy atom. The van der Waals surface area contributed by atoms with Crippen LogP contribution in [-0.4, -0.2) is 15.3 Å². The predicted octanol–water partition coefficient (Wildman–Crippen LogP) is 3.41. The minimum atomic E-state index is -0.777. The third kappa shape index (κ3) is 3.57. The van der Waals surface area contributed by atoms with Gasteiger partial charge in [-0.2, -0.15) is 0 Å². The zero-order valence-corrected chi connectivity index (χ0v) is 14.7. The number of benzene rings is 2. The smallest absolute Gasteiger partial charge is 0.295 e. The lowest BCUT2D eigenvalue weighted by atomic mass is 10.2. The van der Waals surface area contributed by atoms with E-state index in [4.69, 9.17) is 0 Å². The van der Waals surface area contributed by atoms with Gasteiger partial charge in [0.1, 0.15) is 17.3 Å². The Hall–Kier alpha value is -3.48. The van der Waals surface area contributed by atoms with Crippen molar-refractivity contribution in [1.29, 1.82) is 0 Å². The lowest BCUT2D eigenvalue weighted by molar-refractivity contribution is -0.111. The molecule has 27 heavy (non-hydrogen) atoms. The van der Waals surface area contributed by atoms with Crippen LogP contribution in [0.25, 0.3) is 11.8 Å². The largest absolute Gasteiger partial charge is 0.316 e. The predicted molar refractivity (Wildman–Crippen MR) is 99.8 cm³/mol. The molecule has 3 aromatic rings. The average molecular weight is 369 g/mol.